The molecule has 2 aliphatic rings. The standard InChI is InChI=1S/C15H27NO2/c1-11(2)15(18)10-16-9-5-7-13(16)12-6-3-4-8-14(12)17/h11-13,15,18H,3-10H2,1-2H3. The van der Waals surface area contributed by atoms with Crippen LogP contribution in [0, 0.1) is 11.8 Å². The van der Waals surface area contributed by atoms with Crippen LogP contribution in [0.2, 0.25) is 0 Å². The van der Waals surface area contributed by atoms with E-state index in [1.165, 1.54) is 12.8 Å². The molecule has 0 aromatic rings. The van der Waals surface area contributed by atoms with Gasteiger partial charge in [-0.05, 0) is 38.1 Å². The number of hydrogen-bond acceptors (Lipinski definition) is 3. The zero-order valence-electron chi connectivity index (χ0n) is 11.8. The normalized spacial score (nSPS) is 32.1. The van der Waals surface area contributed by atoms with Crippen LogP contribution in [0.3, 0.4) is 0 Å². The Kier molecular flexibility index (Phi) is 4.79. The molecule has 0 amide bonds. The molecule has 1 aliphatic carbocycles. The molecule has 3 heteroatoms. The number of β-amino-alcohol motifs (C(OH)–C–C–N with tert-alkyl or cyclic N) is 1. The van der Waals surface area contributed by atoms with Crippen LogP contribution in [0.15, 0.2) is 0 Å². The van der Waals surface area contributed by atoms with Gasteiger partial charge in [-0.2, -0.15) is 0 Å². The number of nitrogens with zero attached hydrogens (tertiary/aromatic N) is 1. The summed E-state index contributed by atoms with van der Waals surface area (Å²) >= 11 is 0. The molecular formula is C15H27NO2. The van der Waals surface area contributed by atoms with E-state index in [-0.39, 0.29) is 12.0 Å². The lowest BCUT2D eigenvalue weighted by atomic mass is 9.81. The zero-order chi connectivity index (χ0) is 13.1. The third-order valence-corrected chi connectivity index (χ3v) is 4.67. The van der Waals surface area contributed by atoms with Crippen molar-refractivity contribution in [2.75, 3.05) is 13.1 Å². The average molecular weight is 253 g/mol. The maximum absolute atomic E-state index is 12.1. The van der Waals surface area contributed by atoms with Crippen LogP contribution in [0.25, 0.3) is 0 Å². The third-order valence-electron chi connectivity index (χ3n) is 4.67. The van der Waals surface area contributed by atoms with Gasteiger partial charge in [-0.25, -0.2) is 0 Å². The van der Waals surface area contributed by atoms with E-state index in [4.69, 9.17) is 0 Å². The summed E-state index contributed by atoms with van der Waals surface area (Å²) < 4.78 is 0. The summed E-state index contributed by atoms with van der Waals surface area (Å²) in [5.74, 6) is 1.02. The molecule has 1 saturated carbocycles. The largest absolute Gasteiger partial charge is 0.392 e. The van der Waals surface area contributed by atoms with Crippen LogP contribution >= 0.6 is 0 Å². The number of aliphatic hydroxyl groups is 1. The van der Waals surface area contributed by atoms with E-state index in [0.717, 1.165) is 38.8 Å². The Bertz CT molecular complexity index is 290. The molecule has 3 unspecified atom stereocenters. The fourth-order valence-corrected chi connectivity index (χ4v) is 3.40. The Balaban J connectivity index is 1.96. The molecule has 0 radical (unpaired) electrons. The average Bonchev–Trinajstić information content (AvgIpc) is 2.77. The molecule has 104 valence electrons. The topological polar surface area (TPSA) is 40.5 Å². The third kappa shape index (κ3) is 3.12. The van der Waals surface area contributed by atoms with E-state index in [0.29, 0.717) is 17.7 Å². The summed E-state index contributed by atoms with van der Waals surface area (Å²) in [6, 6.07) is 0.409. The zero-order valence-corrected chi connectivity index (χ0v) is 11.8. The minimum absolute atomic E-state index is 0.251. The van der Waals surface area contributed by atoms with Gasteiger partial charge in [0.1, 0.15) is 5.78 Å². The molecule has 0 aromatic carbocycles. The van der Waals surface area contributed by atoms with E-state index < -0.39 is 0 Å². The number of carbonyl (C=O) groups is 1. The maximum Gasteiger partial charge on any atom is 0.137 e. The van der Waals surface area contributed by atoms with Crippen molar-refractivity contribution in [3.05, 3.63) is 0 Å². The monoisotopic (exact) mass is 253 g/mol. The van der Waals surface area contributed by atoms with Crippen LogP contribution < -0.4 is 0 Å². The van der Waals surface area contributed by atoms with Crippen LogP contribution in [0.5, 0.6) is 0 Å². The van der Waals surface area contributed by atoms with Crippen molar-refractivity contribution in [2.24, 2.45) is 11.8 Å². The summed E-state index contributed by atoms with van der Waals surface area (Å²) in [5.41, 5.74) is 0. The van der Waals surface area contributed by atoms with Gasteiger partial charge in [0.05, 0.1) is 6.10 Å². The predicted molar refractivity (Wildman–Crippen MR) is 72.4 cm³/mol. The first-order chi connectivity index (χ1) is 8.59. The second kappa shape index (κ2) is 6.16. The van der Waals surface area contributed by atoms with Crippen LogP contribution in [0.4, 0.5) is 0 Å². The Labute approximate surface area is 111 Å². The van der Waals surface area contributed by atoms with E-state index in [2.05, 4.69) is 18.7 Å². The van der Waals surface area contributed by atoms with Crippen molar-refractivity contribution < 1.29 is 9.90 Å². The highest BCUT2D eigenvalue weighted by Gasteiger charge is 2.37. The van der Waals surface area contributed by atoms with Crippen LogP contribution in [0.1, 0.15) is 52.4 Å². The highest BCUT2D eigenvalue weighted by molar-refractivity contribution is 5.82. The molecule has 18 heavy (non-hydrogen) atoms. The molecule has 1 heterocycles. The van der Waals surface area contributed by atoms with E-state index in [9.17, 15) is 9.90 Å². The van der Waals surface area contributed by atoms with E-state index >= 15 is 0 Å². The van der Waals surface area contributed by atoms with Gasteiger partial charge in [0.15, 0.2) is 0 Å². The van der Waals surface area contributed by atoms with Gasteiger partial charge in [0.2, 0.25) is 0 Å². The molecule has 2 fully saturated rings. The molecule has 3 nitrogen and oxygen atoms in total. The Morgan fingerprint density at radius 1 is 1.28 bits per heavy atom. The number of hydrogen-bond donors (Lipinski definition) is 1. The fourth-order valence-electron chi connectivity index (χ4n) is 3.40. The summed E-state index contributed by atoms with van der Waals surface area (Å²) in [6.07, 6.45) is 6.19. The highest BCUT2D eigenvalue weighted by Crippen LogP contribution is 2.32. The van der Waals surface area contributed by atoms with Crippen molar-refractivity contribution in [2.45, 2.75) is 64.5 Å². The molecule has 1 N–H and O–H groups in total. The predicted octanol–water partition coefficient (Wildman–Crippen LogP) is 2.23. The molecule has 1 aliphatic heterocycles. The van der Waals surface area contributed by atoms with Crippen molar-refractivity contribution in [3.8, 4) is 0 Å². The van der Waals surface area contributed by atoms with Crippen molar-refractivity contribution in [3.63, 3.8) is 0 Å². The minimum Gasteiger partial charge on any atom is -0.392 e. The minimum atomic E-state index is -0.260. The van der Waals surface area contributed by atoms with Gasteiger partial charge in [-0.3, -0.25) is 9.69 Å². The fraction of sp³-hybridized carbons (Fsp3) is 0.933. The molecular weight excluding hydrogens is 226 g/mol. The van der Waals surface area contributed by atoms with Gasteiger partial charge in [-0.1, -0.05) is 20.3 Å². The Morgan fingerprint density at radius 3 is 2.72 bits per heavy atom. The van der Waals surface area contributed by atoms with Crippen LogP contribution in [-0.4, -0.2) is 41.0 Å². The Morgan fingerprint density at radius 2 is 2.06 bits per heavy atom. The van der Waals surface area contributed by atoms with Gasteiger partial charge < -0.3 is 5.11 Å². The highest BCUT2D eigenvalue weighted by atomic mass is 16.3. The molecule has 0 bridgehead atoms. The summed E-state index contributed by atoms with van der Waals surface area (Å²) in [4.78, 5) is 14.4. The van der Waals surface area contributed by atoms with E-state index in [1.807, 2.05) is 0 Å². The summed E-state index contributed by atoms with van der Waals surface area (Å²) in [6.45, 7) is 5.91. The molecule has 0 aromatic heterocycles. The summed E-state index contributed by atoms with van der Waals surface area (Å²) in [5, 5.41) is 10.0. The summed E-state index contributed by atoms with van der Waals surface area (Å²) in [7, 11) is 0. The molecule has 0 spiro atoms. The number of ketones is 1. The van der Waals surface area contributed by atoms with E-state index in [1.54, 1.807) is 0 Å². The number of carbonyl (C=O) groups excluding carboxylic acids is 1. The first-order valence-electron chi connectivity index (χ1n) is 7.54. The van der Waals surface area contributed by atoms with Crippen molar-refractivity contribution in [1.29, 1.82) is 0 Å². The number of likely N-dealkylation sites (tertiary alicyclic amines) is 1. The van der Waals surface area contributed by atoms with Crippen LogP contribution in [-0.2, 0) is 4.79 Å². The second-order valence-electron chi connectivity index (χ2n) is 6.33. The smallest absolute Gasteiger partial charge is 0.137 e. The molecule has 2 rings (SSSR count). The number of rotatable bonds is 4. The van der Waals surface area contributed by atoms with Gasteiger partial charge in [0, 0.05) is 24.9 Å². The first kappa shape index (κ1) is 14.0. The molecule has 1 saturated heterocycles. The SMILES string of the molecule is CC(C)C(O)CN1CCCC1C1CCCCC1=O. The maximum atomic E-state index is 12.1. The lowest BCUT2D eigenvalue weighted by Crippen LogP contribution is -2.44. The van der Waals surface area contributed by atoms with Crippen molar-refractivity contribution in [1.82, 2.24) is 4.90 Å². The van der Waals surface area contributed by atoms with Gasteiger partial charge >= 0.3 is 0 Å². The Hall–Kier alpha value is -0.410. The second-order valence-corrected chi connectivity index (χ2v) is 6.33. The first-order valence-corrected chi connectivity index (χ1v) is 7.54. The lowest BCUT2D eigenvalue weighted by molar-refractivity contribution is -0.126. The number of Topliss-reactive ketones (excluding diaryl/α,β-unsaturated/α-hetero) is 1. The lowest BCUT2D eigenvalue weighted by Gasteiger charge is -2.34. The van der Waals surface area contributed by atoms with Crippen molar-refractivity contribution >= 4 is 5.78 Å². The van der Waals surface area contributed by atoms with Gasteiger partial charge in [-0.15, -0.1) is 0 Å². The number of aliphatic hydroxyl groups excluding tert-OH is 1. The molecule has 3 atom stereocenters. The van der Waals surface area contributed by atoms with Gasteiger partial charge in [0.25, 0.3) is 0 Å². The quantitative estimate of drug-likeness (QED) is 0.835.